The van der Waals surface area contributed by atoms with Gasteiger partial charge in [0.25, 0.3) is 0 Å². The van der Waals surface area contributed by atoms with E-state index in [-0.39, 0.29) is 6.04 Å². The second kappa shape index (κ2) is 5.61. The van der Waals surface area contributed by atoms with Crippen LogP contribution in [0.2, 0.25) is 0 Å². The molecule has 1 saturated heterocycles. The van der Waals surface area contributed by atoms with E-state index in [9.17, 15) is 0 Å². The maximum atomic E-state index is 6.01. The van der Waals surface area contributed by atoms with E-state index in [2.05, 4.69) is 23.8 Å². The van der Waals surface area contributed by atoms with Gasteiger partial charge in [0.1, 0.15) is 12.3 Å². The van der Waals surface area contributed by atoms with Crippen molar-refractivity contribution < 1.29 is 4.74 Å². The van der Waals surface area contributed by atoms with E-state index in [1.807, 2.05) is 11.6 Å². The molecule has 0 aliphatic carbocycles. The van der Waals surface area contributed by atoms with Crippen molar-refractivity contribution in [3.05, 3.63) is 5.69 Å². The highest BCUT2D eigenvalue weighted by molar-refractivity contribution is 5.52. The molecule has 0 aromatic carbocycles. The first-order valence-electron chi connectivity index (χ1n) is 6.79. The molecule has 2 heterocycles. The Balaban J connectivity index is 1.95. The summed E-state index contributed by atoms with van der Waals surface area (Å²) in [5, 5.41) is 4.41. The number of nitrogens with zero attached hydrogens (tertiary/aromatic N) is 3. The number of hydrogen-bond acceptors (Lipinski definition) is 4. The Kier molecular flexibility index (Phi) is 4.11. The third kappa shape index (κ3) is 2.77. The summed E-state index contributed by atoms with van der Waals surface area (Å²) in [6, 6.07) is 0.266. The van der Waals surface area contributed by atoms with Gasteiger partial charge >= 0.3 is 0 Å². The predicted octanol–water partition coefficient (Wildman–Crippen LogP) is 1.83. The molecule has 1 aliphatic heterocycles. The predicted molar refractivity (Wildman–Crippen MR) is 72.9 cm³/mol. The minimum absolute atomic E-state index is 0.266. The van der Waals surface area contributed by atoms with Crippen LogP contribution in [0.1, 0.15) is 38.4 Å². The minimum atomic E-state index is 0.266. The van der Waals surface area contributed by atoms with E-state index in [1.165, 1.54) is 25.9 Å². The lowest BCUT2D eigenvalue weighted by molar-refractivity contribution is 0.220. The largest absolute Gasteiger partial charge is 0.475 e. The fourth-order valence-corrected chi connectivity index (χ4v) is 2.31. The molecule has 0 bridgehead atoms. The van der Waals surface area contributed by atoms with Crippen LogP contribution in [0.5, 0.6) is 5.88 Å². The van der Waals surface area contributed by atoms with Crippen LogP contribution < -0.4 is 10.5 Å². The molecule has 1 fully saturated rings. The van der Waals surface area contributed by atoms with Crippen LogP contribution in [0, 0.1) is 6.92 Å². The molecule has 1 aliphatic rings. The Bertz CT molecular complexity index is 394. The lowest BCUT2D eigenvalue weighted by atomic mass is 10.4. The molecule has 5 nitrogen and oxygen atoms in total. The number of aryl methyl sites for hydroxylation is 1. The lowest BCUT2D eigenvalue weighted by Crippen LogP contribution is -2.25. The van der Waals surface area contributed by atoms with Gasteiger partial charge < -0.3 is 10.5 Å². The van der Waals surface area contributed by atoms with Gasteiger partial charge in [0.2, 0.25) is 5.88 Å². The fourth-order valence-electron chi connectivity index (χ4n) is 2.31. The molecular weight excluding hydrogens is 228 g/mol. The van der Waals surface area contributed by atoms with Crippen molar-refractivity contribution in [3.63, 3.8) is 0 Å². The number of hydrogen-bond donors (Lipinski definition) is 1. The molecule has 0 saturated carbocycles. The maximum absolute atomic E-state index is 6.01. The molecule has 0 atom stereocenters. The van der Waals surface area contributed by atoms with E-state index < -0.39 is 0 Å². The number of likely N-dealkylation sites (tertiary alicyclic amines) is 1. The Morgan fingerprint density at radius 2 is 2.00 bits per heavy atom. The van der Waals surface area contributed by atoms with Gasteiger partial charge in [-0.15, -0.1) is 0 Å². The van der Waals surface area contributed by atoms with Crippen LogP contribution in [-0.4, -0.2) is 40.9 Å². The number of nitrogens with two attached hydrogens (primary N) is 1. The topological polar surface area (TPSA) is 56.3 Å². The molecular formula is C13H24N4O. The van der Waals surface area contributed by atoms with E-state index >= 15 is 0 Å². The monoisotopic (exact) mass is 252 g/mol. The number of anilines is 1. The van der Waals surface area contributed by atoms with Crippen molar-refractivity contribution in [1.29, 1.82) is 0 Å². The first kappa shape index (κ1) is 13.2. The summed E-state index contributed by atoms with van der Waals surface area (Å²) in [6.07, 6.45) is 2.62. The van der Waals surface area contributed by atoms with E-state index in [0.29, 0.717) is 12.3 Å². The fraction of sp³-hybridized carbons (Fsp3) is 0.769. The summed E-state index contributed by atoms with van der Waals surface area (Å²) in [7, 11) is 0. The van der Waals surface area contributed by atoms with Crippen LogP contribution >= 0.6 is 0 Å². The van der Waals surface area contributed by atoms with Crippen molar-refractivity contribution in [2.45, 2.75) is 39.7 Å². The summed E-state index contributed by atoms with van der Waals surface area (Å²) in [4.78, 5) is 2.43. The van der Waals surface area contributed by atoms with Crippen molar-refractivity contribution >= 4 is 5.69 Å². The van der Waals surface area contributed by atoms with E-state index in [1.54, 1.807) is 0 Å². The van der Waals surface area contributed by atoms with Gasteiger partial charge in [-0.25, -0.2) is 4.68 Å². The first-order valence-corrected chi connectivity index (χ1v) is 6.79. The average molecular weight is 252 g/mol. The quantitative estimate of drug-likeness (QED) is 0.868. The lowest BCUT2D eigenvalue weighted by Gasteiger charge is -2.16. The Hall–Kier alpha value is -1.23. The van der Waals surface area contributed by atoms with Crippen LogP contribution in [0.25, 0.3) is 0 Å². The highest BCUT2D eigenvalue weighted by Gasteiger charge is 2.17. The molecule has 18 heavy (non-hydrogen) atoms. The highest BCUT2D eigenvalue weighted by Crippen LogP contribution is 2.27. The highest BCUT2D eigenvalue weighted by atomic mass is 16.5. The van der Waals surface area contributed by atoms with E-state index in [0.717, 1.165) is 18.1 Å². The molecule has 1 aromatic heterocycles. The number of ether oxygens (including phenoxy) is 1. The first-order chi connectivity index (χ1) is 8.59. The minimum Gasteiger partial charge on any atom is -0.475 e. The molecule has 0 unspecified atom stereocenters. The van der Waals surface area contributed by atoms with Crippen LogP contribution in [0.3, 0.4) is 0 Å². The zero-order chi connectivity index (χ0) is 13.1. The number of rotatable bonds is 5. The van der Waals surface area contributed by atoms with Crippen molar-refractivity contribution in [2.24, 2.45) is 0 Å². The van der Waals surface area contributed by atoms with Gasteiger partial charge in [-0.05, 0) is 46.7 Å². The van der Waals surface area contributed by atoms with Crippen molar-refractivity contribution in [1.82, 2.24) is 14.7 Å². The Morgan fingerprint density at radius 1 is 1.33 bits per heavy atom. The number of nitrogen functional groups attached to an aromatic ring is 1. The summed E-state index contributed by atoms with van der Waals surface area (Å²) in [6.45, 7) is 10.1. The molecule has 2 rings (SSSR count). The summed E-state index contributed by atoms with van der Waals surface area (Å²) in [5.41, 5.74) is 7.53. The van der Waals surface area contributed by atoms with Crippen LogP contribution in [0.15, 0.2) is 0 Å². The van der Waals surface area contributed by atoms with Gasteiger partial charge in [0.05, 0.1) is 11.7 Å². The number of aromatic nitrogens is 2. The van der Waals surface area contributed by atoms with Crippen LogP contribution in [-0.2, 0) is 0 Å². The van der Waals surface area contributed by atoms with Gasteiger partial charge in [0.15, 0.2) is 0 Å². The molecule has 2 N–H and O–H groups in total. The standard InChI is InChI=1S/C13H24N4O/c1-10(2)17-13(12(14)11(3)15-17)18-9-8-16-6-4-5-7-16/h10H,4-9,14H2,1-3H3. The van der Waals surface area contributed by atoms with Crippen LogP contribution in [0.4, 0.5) is 5.69 Å². The average Bonchev–Trinajstić information content (AvgIpc) is 2.92. The molecule has 0 spiro atoms. The zero-order valence-electron chi connectivity index (χ0n) is 11.6. The smallest absolute Gasteiger partial charge is 0.236 e. The Morgan fingerprint density at radius 3 is 2.61 bits per heavy atom. The zero-order valence-corrected chi connectivity index (χ0v) is 11.6. The molecule has 1 aromatic rings. The third-order valence-corrected chi connectivity index (χ3v) is 3.42. The third-order valence-electron chi connectivity index (χ3n) is 3.42. The van der Waals surface area contributed by atoms with Gasteiger partial charge in [-0.1, -0.05) is 0 Å². The van der Waals surface area contributed by atoms with Gasteiger partial charge in [-0.2, -0.15) is 5.10 Å². The summed E-state index contributed by atoms with van der Waals surface area (Å²) < 4.78 is 7.72. The molecule has 0 radical (unpaired) electrons. The van der Waals surface area contributed by atoms with Crippen molar-refractivity contribution in [3.8, 4) is 5.88 Å². The Labute approximate surface area is 109 Å². The molecule has 0 amide bonds. The normalized spacial score (nSPS) is 16.7. The van der Waals surface area contributed by atoms with Crippen molar-refractivity contribution in [2.75, 3.05) is 32.0 Å². The summed E-state index contributed by atoms with van der Waals surface area (Å²) in [5.74, 6) is 0.724. The second-order valence-corrected chi connectivity index (χ2v) is 5.24. The van der Waals surface area contributed by atoms with Gasteiger partial charge in [-0.3, -0.25) is 4.90 Å². The van der Waals surface area contributed by atoms with Gasteiger partial charge in [0, 0.05) is 6.54 Å². The second-order valence-electron chi connectivity index (χ2n) is 5.24. The molecule has 102 valence electrons. The SMILES string of the molecule is Cc1nn(C(C)C)c(OCCN2CCCC2)c1N. The maximum Gasteiger partial charge on any atom is 0.236 e. The van der Waals surface area contributed by atoms with E-state index in [4.69, 9.17) is 10.5 Å². The summed E-state index contributed by atoms with van der Waals surface area (Å²) >= 11 is 0. The molecule has 5 heteroatoms.